The molecule has 0 aliphatic heterocycles. The van der Waals surface area contributed by atoms with Gasteiger partial charge in [-0.25, -0.2) is 5.26 Å². The molecule has 0 heterocycles. The first-order chi connectivity index (χ1) is 7.61. The fourth-order valence-corrected chi connectivity index (χ4v) is 2.31. The first-order valence-corrected chi connectivity index (χ1v) is 6.50. The Labute approximate surface area is 92.6 Å². The van der Waals surface area contributed by atoms with E-state index in [0.29, 0.717) is 5.56 Å². The van der Waals surface area contributed by atoms with Gasteiger partial charge < -0.3 is 4.89 Å². The van der Waals surface area contributed by atoms with Gasteiger partial charge in [-0.2, -0.15) is 4.67 Å². The van der Waals surface area contributed by atoms with Crippen LogP contribution < -0.4 is 0 Å². The predicted octanol–water partition coefficient (Wildman–Crippen LogP) is 3.01. The standard InChI is InChI=1S/C11H11O4P/c12-15-16(13,14)8-9-5-6-10-3-1-2-4-11(10)7-9/h1-7,12H,8H2,(H,13,14). The SMILES string of the molecule is O=P(O)(Cc1ccc2ccccc2c1)OO. The van der Waals surface area contributed by atoms with E-state index in [1.54, 1.807) is 12.1 Å². The van der Waals surface area contributed by atoms with Gasteiger partial charge in [-0.3, -0.25) is 4.57 Å². The Balaban J connectivity index is 2.37. The lowest BCUT2D eigenvalue weighted by atomic mass is 10.1. The summed E-state index contributed by atoms with van der Waals surface area (Å²) in [5, 5.41) is 10.3. The third kappa shape index (κ3) is 2.49. The van der Waals surface area contributed by atoms with E-state index in [-0.39, 0.29) is 6.16 Å². The number of hydrogen-bond acceptors (Lipinski definition) is 3. The number of rotatable bonds is 3. The quantitative estimate of drug-likeness (QED) is 0.490. The lowest BCUT2D eigenvalue weighted by Crippen LogP contribution is -1.90. The summed E-state index contributed by atoms with van der Waals surface area (Å²) in [6, 6.07) is 13.1. The van der Waals surface area contributed by atoms with Crippen LogP contribution in [0, 0.1) is 0 Å². The summed E-state index contributed by atoms with van der Waals surface area (Å²) in [6.07, 6.45) is -0.200. The first kappa shape index (κ1) is 11.3. The van der Waals surface area contributed by atoms with Crippen LogP contribution in [-0.2, 0) is 15.4 Å². The highest BCUT2D eigenvalue weighted by Crippen LogP contribution is 2.44. The Bertz CT molecular complexity index is 552. The van der Waals surface area contributed by atoms with E-state index in [1.165, 1.54) is 0 Å². The minimum absolute atomic E-state index is 0.200. The van der Waals surface area contributed by atoms with Crippen LogP contribution in [-0.4, -0.2) is 10.2 Å². The van der Waals surface area contributed by atoms with Gasteiger partial charge in [0, 0.05) is 0 Å². The Morgan fingerprint density at radius 2 is 1.81 bits per heavy atom. The highest BCUT2D eigenvalue weighted by Gasteiger charge is 2.19. The van der Waals surface area contributed by atoms with Gasteiger partial charge in [0.15, 0.2) is 0 Å². The Morgan fingerprint density at radius 1 is 1.12 bits per heavy atom. The van der Waals surface area contributed by atoms with Crippen molar-refractivity contribution in [2.24, 2.45) is 0 Å². The van der Waals surface area contributed by atoms with Gasteiger partial charge >= 0.3 is 7.60 Å². The van der Waals surface area contributed by atoms with E-state index in [4.69, 9.17) is 10.2 Å². The van der Waals surface area contributed by atoms with Crippen LogP contribution in [0.2, 0.25) is 0 Å². The van der Waals surface area contributed by atoms with Gasteiger partial charge in [0.1, 0.15) is 0 Å². The Morgan fingerprint density at radius 3 is 2.50 bits per heavy atom. The van der Waals surface area contributed by atoms with E-state index in [0.717, 1.165) is 10.8 Å². The Kier molecular flexibility index (Phi) is 3.08. The maximum Gasteiger partial charge on any atom is 0.359 e. The second-order valence-electron chi connectivity index (χ2n) is 3.56. The molecule has 0 aliphatic carbocycles. The van der Waals surface area contributed by atoms with Gasteiger partial charge in [0.2, 0.25) is 0 Å². The average Bonchev–Trinajstić information content (AvgIpc) is 2.28. The van der Waals surface area contributed by atoms with Crippen molar-refractivity contribution in [1.82, 2.24) is 0 Å². The summed E-state index contributed by atoms with van der Waals surface area (Å²) < 4.78 is 14.7. The van der Waals surface area contributed by atoms with Crippen molar-refractivity contribution in [3.8, 4) is 0 Å². The molecule has 0 spiro atoms. The molecule has 0 aliphatic rings. The van der Waals surface area contributed by atoms with Crippen molar-refractivity contribution >= 4 is 18.4 Å². The van der Waals surface area contributed by atoms with Crippen LogP contribution >= 0.6 is 7.60 Å². The van der Waals surface area contributed by atoms with Crippen molar-refractivity contribution < 1.29 is 19.4 Å². The zero-order valence-corrected chi connectivity index (χ0v) is 9.30. The fraction of sp³-hybridized carbons (Fsp3) is 0.0909. The molecule has 2 N–H and O–H groups in total. The van der Waals surface area contributed by atoms with E-state index in [1.807, 2.05) is 30.3 Å². The lowest BCUT2D eigenvalue weighted by molar-refractivity contribution is -0.146. The molecule has 1 unspecified atom stereocenters. The number of hydrogen-bond donors (Lipinski definition) is 2. The molecule has 2 aromatic rings. The molecular weight excluding hydrogens is 227 g/mol. The summed E-state index contributed by atoms with van der Waals surface area (Å²) >= 11 is 0. The normalized spacial score (nSPS) is 14.9. The molecule has 0 bridgehead atoms. The van der Waals surface area contributed by atoms with Gasteiger partial charge in [0.05, 0.1) is 6.16 Å². The maximum absolute atomic E-state index is 11.2. The lowest BCUT2D eigenvalue weighted by Gasteiger charge is -2.07. The highest BCUT2D eigenvalue weighted by atomic mass is 31.2. The van der Waals surface area contributed by atoms with Crippen LogP contribution in [0.5, 0.6) is 0 Å². The molecule has 84 valence electrons. The van der Waals surface area contributed by atoms with Crippen LogP contribution in [0.15, 0.2) is 42.5 Å². The maximum atomic E-state index is 11.2. The minimum Gasteiger partial charge on any atom is -0.323 e. The summed E-state index contributed by atoms with van der Waals surface area (Å²) in [7, 11) is -3.92. The van der Waals surface area contributed by atoms with Gasteiger partial charge in [0.25, 0.3) is 0 Å². The van der Waals surface area contributed by atoms with Gasteiger partial charge in [-0.15, -0.1) is 0 Å². The van der Waals surface area contributed by atoms with Crippen LogP contribution in [0.4, 0.5) is 0 Å². The number of benzene rings is 2. The predicted molar refractivity (Wildman–Crippen MR) is 61.2 cm³/mol. The van der Waals surface area contributed by atoms with Gasteiger partial charge in [-0.05, 0) is 16.3 Å². The average molecular weight is 238 g/mol. The molecule has 0 amide bonds. The zero-order valence-electron chi connectivity index (χ0n) is 8.41. The van der Waals surface area contributed by atoms with Crippen molar-refractivity contribution in [1.29, 1.82) is 0 Å². The van der Waals surface area contributed by atoms with E-state index < -0.39 is 7.60 Å². The molecule has 4 nitrogen and oxygen atoms in total. The van der Waals surface area contributed by atoms with Crippen LogP contribution in [0.25, 0.3) is 10.8 Å². The largest absolute Gasteiger partial charge is 0.359 e. The molecule has 5 heteroatoms. The van der Waals surface area contributed by atoms with Crippen LogP contribution in [0.3, 0.4) is 0 Å². The summed E-state index contributed by atoms with van der Waals surface area (Å²) in [6.45, 7) is 0. The van der Waals surface area contributed by atoms with E-state index in [2.05, 4.69) is 4.67 Å². The number of fused-ring (bicyclic) bond motifs is 1. The van der Waals surface area contributed by atoms with Crippen molar-refractivity contribution in [3.63, 3.8) is 0 Å². The third-order valence-corrected chi connectivity index (χ3v) is 3.34. The summed E-state index contributed by atoms with van der Waals surface area (Å²) in [4.78, 5) is 9.13. The smallest absolute Gasteiger partial charge is 0.323 e. The monoisotopic (exact) mass is 238 g/mol. The second kappa shape index (κ2) is 4.36. The molecule has 0 fully saturated rings. The van der Waals surface area contributed by atoms with Crippen molar-refractivity contribution in [2.75, 3.05) is 0 Å². The van der Waals surface area contributed by atoms with E-state index >= 15 is 0 Å². The minimum atomic E-state index is -3.92. The molecular formula is C11H11O4P. The Hall–Kier alpha value is -1.19. The topological polar surface area (TPSA) is 66.8 Å². The van der Waals surface area contributed by atoms with Gasteiger partial charge in [-0.1, -0.05) is 42.5 Å². The molecule has 2 aromatic carbocycles. The summed E-state index contributed by atoms with van der Waals surface area (Å²) in [5.41, 5.74) is 0.651. The zero-order chi connectivity index (χ0) is 11.6. The molecule has 0 radical (unpaired) electrons. The van der Waals surface area contributed by atoms with Crippen molar-refractivity contribution in [2.45, 2.75) is 6.16 Å². The second-order valence-corrected chi connectivity index (χ2v) is 5.31. The summed E-state index contributed by atoms with van der Waals surface area (Å²) in [5.74, 6) is 0. The molecule has 1 atom stereocenters. The molecule has 16 heavy (non-hydrogen) atoms. The molecule has 0 saturated carbocycles. The van der Waals surface area contributed by atoms with Crippen molar-refractivity contribution in [3.05, 3.63) is 48.0 Å². The highest BCUT2D eigenvalue weighted by molar-refractivity contribution is 7.51. The first-order valence-electron chi connectivity index (χ1n) is 4.73. The van der Waals surface area contributed by atoms with E-state index in [9.17, 15) is 4.57 Å². The molecule has 2 rings (SSSR count). The van der Waals surface area contributed by atoms with Crippen LogP contribution in [0.1, 0.15) is 5.56 Å². The molecule has 0 aromatic heterocycles. The third-order valence-electron chi connectivity index (χ3n) is 2.32. The molecule has 0 saturated heterocycles. The fourth-order valence-electron chi connectivity index (χ4n) is 1.60.